The predicted octanol–water partition coefficient (Wildman–Crippen LogP) is 2.38. The molecule has 0 aliphatic rings. The summed E-state index contributed by atoms with van der Waals surface area (Å²) in [6.07, 6.45) is 3.10. The summed E-state index contributed by atoms with van der Waals surface area (Å²) in [7, 11) is 0. The van der Waals surface area contributed by atoms with Gasteiger partial charge < -0.3 is 10.6 Å². The molecular weight excluding hydrogens is 360 g/mol. The van der Waals surface area contributed by atoms with E-state index in [1.807, 2.05) is 0 Å². The lowest BCUT2D eigenvalue weighted by atomic mass is 10.2. The number of nitrogens with one attached hydrogen (secondary N) is 2. The first-order valence-electron chi connectivity index (χ1n) is 6.10. The minimum atomic E-state index is -1.06. The van der Waals surface area contributed by atoms with Crippen LogP contribution in [0.4, 0.5) is 14.5 Å². The van der Waals surface area contributed by atoms with Gasteiger partial charge in [0.15, 0.2) is 5.82 Å². The Kier molecular flexibility index (Phi) is 5.16. The number of aromatic nitrogens is 1. The van der Waals surface area contributed by atoms with E-state index in [-0.39, 0.29) is 16.7 Å². The fourth-order valence-corrected chi connectivity index (χ4v) is 2.10. The van der Waals surface area contributed by atoms with E-state index in [9.17, 15) is 18.4 Å². The number of hydrogen-bond donors (Lipinski definition) is 2. The molecule has 22 heavy (non-hydrogen) atoms. The molecule has 1 heterocycles. The summed E-state index contributed by atoms with van der Waals surface area (Å²) in [5.41, 5.74) is 0.454. The summed E-state index contributed by atoms with van der Waals surface area (Å²) < 4.78 is 26.5. The number of benzene rings is 1. The third-order valence-corrected chi connectivity index (χ3v) is 3.28. The second-order valence-corrected chi connectivity index (χ2v) is 5.09. The van der Waals surface area contributed by atoms with Crippen molar-refractivity contribution in [2.24, 2.45) is 0 Å². The molecule has 0 bridgehead atoms. The minimum absolute atomic E-state index is 0.000263. The van der Waals surface area contributed by atoms with Crippen LogP contribution < -0.4 is 10.6 Å². The van der Waals surface area contributed by atoms with Crippen LogP contribution in [0.5, 0.6) is 0 Å². The van der Waals surface area contributed by atoms with Crippen LogP contribution in [0.25, 0.3) is 0 Å². The van der Waals surface area contributed by atoms with Gasteiger partial charge in [0.2, 0.25) is 0 Å². The number of pyridine rings is 1. The van der Waals surface area contributed by atoms with Gasteiger partial charge in [-0.3, -0.25) is 14.6 Å². The number of rotatable bonds is 3. The summed E-state index contributed by atoms with van der Waals surface area (Å²) in [6, 6.07) is 4.94. The van der Waals surface area contributed by atoms with E-state index in [0.29, 0.717) is 6.07 Å². The fraction of sp³-hybridized carbons (Fsp3) is 0.0714. The van der Waals surface area contributed by atoms with Crippen molar-refractivity contribution in [3.63, 3.8) is 0 Å². The van der Waals surface area contributed by atoms with E-state index < -0.39 is 23.4 Å². The van der Waals surface area contributed by atoms with Gasteiger partial charge in [-0.15, -0.1) is 0 Å². The number of halogens is 3. The summed E-state index contributed by atoms with van der Waals surface area (Å²) in [4.78, 5) is 27.2. The Bertz CT molecular complexity index is 687. The average molecular weight is 370 g/mol. The Hall–Kier alpha value is -2.35. The standard InChI is InChI=1S/C14H10BrF2N3O2/c15-10-5-9(16)6-11(17)12(10)20-14(22)13(21)19-7-8-1-3-18-4-2-8/h1-6H,7H2,(H,19,21)(H,20,22). The molecule has 0 atom stereocenters. The number of carbonyl (C=O) groups is 2. The Morgan fingerprint density at radius 1 is 1.14 bits per heavy atom. The maximum absolute atomic E-state index is 13.6. The van der Waals surface area contributed by atoms with E-state index >= 15 is 0 Å². The third kappa shape index (κ3) is 4.08. The van der Waals surface area contributed by atoms with E-state index in [1.165, 1.54) is 0 Å². The van der Waals surface area contributed by atoms with E-state index in [0.717, 1.165) is 11.6 Å². The first-order valence-corrected chi connectivity index (χ1v) is 6.89. The number of hydrogen-bond acceptors (Lipinski definition) is 3. The fourth-order valence-electron chi connectivity index (χ4n) is 1.60. The molecule has 0 unspecified atom stereocenters. The molecule has 2 amide bonds. The van der Waals surface area contributed by atoms with Crippen LogP contribution in [0, 0.1) is 11.6 Å². The highest BCUT2D eigenvalue weighted by molar-refractivity contribution is 9.10. The molecule has 8 heteroatoms. The van der Waals surface area contributed by atoms with Crippen molar-refractivity contribution in [2.75, 3.05) is 5.32 Å². The maximum Gasteiger partial charge on any atom is 0.313 e. The first-order chi connectivity index (χ1) is 10.5. The topological polar surface area (TPSA) is 71.1 Å². The number of anilines is 1. The van der Waals surface area contributed by atoms with Crippen molar-refractivity contribution in [3.05, 3.63) is 58.3 Å². The van der Waals surface area contributed by atoms with Crippen molar-refractivity contribution in [3.8, 4) is 0 Å². The zero-order chi connectivity index (χ0) is 16.1. The van der Waals surface area contributed by atoms with Crippen LogP contribution in [0.2, 0.25) is 0 Å². The van der Waals surface area contributed by atoms with Crippen molar-refractivity contribution in [1.82, 2.24) is 10.3 Å². The Balaban J connectivity index is 1.99. The van der Waals surface area contributed by atoms with Crippen LogP contribution >= 0.6 is 15.9 Å². The molecule has 0 aliphatic carbocycles. The molecule has 1 aromatic carbocycles. The van der Waals surface area contributed by atoms with Gasteiger partial charge in [-0.1, -0.05) is 0 Å². The normalized spacial score (nSPS) is 10.1. The number of amides is 2. The van der Waals surface area contributed by atoms with Gasteiger partial charge in [0, 0.05) is 29.5 Å². The zero-order valence-corrected chi connectivity index (χ0v) is 12.7. The molecule has 2 rings (SSSR count). The Morgan fingerprint density at radius 3 is 2.45 bits per heavy atom. The summed E-state index contributed by atoms with van der Waals surface area (Å²) >= 11 is 2.92. The van der Waals surface area contributed by atoms with Gasteiger partial charge >= 0.3 is 11.8 Å². The number of nitrogens with zero attached hydrogens (tertiary/aromatic N) is 1. The summed E-state index contributed by atoms with van der Waals surface area (Å²) in [5, 5.41) is 4.47. The van der Waals surface area contributed by atoms with E-state index in [1.54, 1.807) is 24.5 Å². The first kappa shape index (κ1) is 16.0. The zero-order valence-electron chi connectivity index (χ0n) is 11.1. The highest BCUT2D eigenvalue weighted by Crippen LogP contribution is 2.26. The minimum Gasteiger partial charge on any atom is -0.344 e. The third-order valence-electron chi connectivity index (χ3n) is 2.65. The average Bonchev–Trinajstić information content (AvgIpc) is 2.49. The van der Waals surface area contributed by atoms with Crippen molar-refractivity contribution >= 4 is 33.4 Å². The van der Waals surface area contributed by atoms with E-state index in [2.05, 4.69) is 31.5 Å². The highest BCUT2D eigenvalue weighted by atomic mass is 79.9. The lowest BCUT2D eigenvalue weighted by Crippen LogP contribution is -2.35. The molecule has 0 radical (unpaired) electrons. The van der Waals surface area contributed by atoms with Gasteiger partial charge in [0.1, 0.15) is 5.82 Å². The molecule has 114 valence electrons. The maximum atomic E-state index is 13.6. The Morgan fingerprint density at radius 2 is 1.82 bits per heavy atom. The van der Waals surface area contributed by atoms with Crippen molar-refractivity contribution in [2.45, 2.75) is 6.54 Å². The highest BCUT2D eigenvalue weighted by Gasteiger charge is 2.18. The van der Waals surface area contributed by atoms with Crippen molar-refractivity contribution < 1.29 is 18.4 Å². The number of carbonyl (C=O) groups excluding carboxylic acids is 2. The van der Waals surface area contributed by atoms with Gasteiger partial charge in [0.25, 0.3) is 0 Å². The van der Waals surface area contributed by atoms with Gasteiger partial charge in [-0.25, -0.2) is 8.78 Å². The van der Waals surface area contributed by atoms with Crippen LogP contribution in [-0.2, 0) is 16.1 Å². The molecule has 1 aromatic heterocycles. The SMILES string of the molecule is O=C(NCc1ccncc1)C(=O)Nc1c(F)cc(F)cc1Br. The molecule has 0 saturated heterocycles. The molecule has 2 aromatic rings. The molecule has 2 N–H and O–H groups in total. The quantitative estimate of drug-likeness (QED) is 0.816. The van der Waals surface area contributed by atoms with Gasteiger partial charge in [0.05, 0.1) is 5.69 Å². The molecule has 5 nitrogen and oxygen atoms in total. The molecule has 0 aliphatic heterocycles. The van der Waals surface area contributed by atoms with Gasteiger partial charge in [-0.2, -0.15) is 0 Å². The molecule has 0 spiro atoms. The second kappa shape index (κ2) is 7.08. The summed E-state index contributed by atoms with van der Waals surface area (Å²) in [6.45, 7) is 0.127. The smallest absolute Gasteiger partial charge is 0.313 e. The largest absolute Gasteiger partial charge is 0.344 e. The monoisotopic (exact) mass is 369 g/mol. The Labute approximate surface area is 132 Å². The molecule has 0 fully saturated rings. The van der Waals surface area contributed by atoms with E-state index in [4.69, 9.17) is 0 Å². The lowest BCUT2D eigenvalue weighted by Gasteiger charge is -2.09. The van der Waals surface area contributed by atoms with Crippen LogP contribution in [0.1, 0.15) is 5.56 Å². The van der Waals surface area contributed by atoms with Crippen LogP contribution in [0.15, 0.2) is 41.1 Å². The van der Waals surface area contributed by atoms with Crippen molar-refractivity contribution in [1.29, 1.82) is 0 Å². The lowest BCUT2D eigenvalue weighted by molar-refractivity contribution is -0.136. The van der Waals surface area contributed by atoms with Crippen LogP contribution in [-0.4, -0.2) is 16.8 Å². The second-order valence-electron chi connectivity index (χ2n) is 4.24. The predicted molar refractivity (Wildman–Crippen MR) is 78.8 cm³/mol. The van der Waals surface area contributed by atoms with Gasteiger partial charge in [-0.05, 0) is 39.7 Å². The molecule has 0 saturated carbocycles. The van der Waals surface area contributed by atoms with Crippen LogP contribution in [0.3, 0.4) is 0 Å². The molecular formula is C14H10BrF2N3O2. The summed E-state index contributed by atoms with van der Waals surface area (Å²) in [5.74, 6) is -3.78.